The van der Waals surface area contributed by atoms with Gasteiger partial charge in [0.25, 0.3) is 5.91 Å². The van der Waals surface area contributed by atoms with Crippen LogP contribution in [0.5, 0.6) is 0 Å². The van der Waals surface area contributed by atoms with Crippen LogP contribution in [0.2, 0.25) is 0 Å². The standard InChI is InChI=1S/C11H13FN2O/c12-9-5-2-1-4-8(9)11(15)14-7-3-6-10(14)13/h1-2,4-5,10H,3,6-7,13H2. The second-order valence-corrected chi connectivity index (χ2v) is 3.69. The van der Waals surface area contributed by atoms with Gasteiger partial charge >= 0.3 is 0 Å². The molecule has 0 spiro atoms. The summed E-state index contributed by atoms with van der Waals surface area (Å²) in [6.45, 7) is 0.619. The molecule has 1 aliphatic rings. The Morgan fingerprint density at radius 3 is 2.80 bits per heavy atom. The van der Waals surface area contributed by atoms with Crippen molar-refractivity contribution in [3.8, 4) is 0 Å². The molecule has 80 valence electrons. The number of nitrogens with zero attached hydrogens (tertiary/aromatic N) is 1. The van der Waals surface area contributed by atoms with Crippen molar-refractivity contribution in [3.05, 3.63) is 35.6 Å². The molecule has 1 aromatic rings. The first kappa shape index (κ1) is 10.1. The third kappa shape index (κ3) is 1.85. The lowest BCUT2D eigenvalue weighted by Crippen LogP contribution is -2.41. The first-order valence-corrected chi connectivity index (χ1v) is 5.01. The summed E-state index contributed by atoms with van der Waals surface area (Å²) in [5.74, 6) is -0.792. The highest BCUT2D eigenvalue weighted by Gasteiger charge is 2.27. The number of carbonyl (C=O) groups excluding carboxylic acids is 1. The van der Waals surface area contributed by atoms with E-state index in [1.54, 1.807) is 12.1 Å². The number of carbonyl (C=O) groups is 1. The minimum atomic E-state index is -0.485. The molecule has 3 nitrogen and oxygen atoms in total. The van der Waals surface area contributed by atoms with Crippen LogP contribution >= 0.6 is 0 Å². The number of amides is 1. The van der Waals surface area contributed by atoms with Crippen molar-refractivity contribution in [1.82, 2.24) is 4.90 Å². The number of benzene rings is 1. The minimum absolute atomic E-state index is 0.106. The van der Waals surface area contributed by atoms with Crippen LogP contribution in [-0.2, 0) is 0 Å². The van der Waals surface area contributed by atoms with Gasteiger partial charge < -0.3 is 10.6 Å². The van der Waals surface area contributed by atoms with E-state index in [0.717, 1.165) is 12.8 Å². The molecule has 1 saturated heterocycles. The zero-order valence-electron chi connectivity index (χ0n) is 8.32. The molecule has 1 atom stereocenters. The molecule has 2 rings (SSSR count). The highest BCUT2D eigenvalue weighted by atomic mass is 19.1. The molecule has 1 aromatic carbocycles. The van der Waals surface area contributed by atoms with E-state index in [1.807, 2.05) is 0 Å². The molecule has 0 saturated carbocycles. The Kier molecular flexibility index (Phi) is 2.68. The fourth-order valence-electron chi connectivity index (χ4n) is 1.83. The van der Waals surface area contributed by atoms with Crippen LogP contribution in [0.15, 0.2) is 24.3 Å². The molecular formula is C11H13FN2O. The third-order valence-electron chi connectivity index (χ3n) is 2.66. The van der Waals surface area contributed by atoms with E-state index in [4.69, 9.17) is 5.73 Å². The van der Waals surface area contributed by atoms with E-state index in [0.29, 0.717) is 6.54 Å². The molecule has 1 heterocycles. The summed E-state index contributed by atoms with van der Waals surface area (Å²) in [6, 6.07) is 5.99. The topological polar surface area (TPSA) is 46.3 Å². The zero-order valence-corrected chi connectivity index (χ0v) is 8.32. The van der Waals surface area contributed by atoms with Crippen molar-refractivity contribution >= 4 is 5.91 Å². The normalized spacial score (nSPS) is 20.7. The first-order chi connectivity index (χ1) is 7.20. The van der Waals surface area contributed by atoms with E-state index in [2.05, 4.69) is 0 Å². The summed E-state index contributed by atoms with van der Waals surface area (Å²) in [5, 5.41) is 0. The number of likely N-dealkylation sites (tertiary alicyclic amines) is 1. The quantitative estimate of drug-likeness (QED) is 0.757. The molecule has 0 radical (unpaired) electrons. The van der Waals surface area contributed by atoms with E-state index in [9.17, 15) is 9.18 Å². The average Bonchev–Trinajstić information content (AvgIpc) is 2.64. The number of rotatable bonds is 1. The van der Waals surface area contributed by atoms with Gasteiger partial charge in [-0.1, -0.05) is 12.1 Å². The predicted molar refractivity (Wildman–Crippen MR) is 54.6 cm³/mol. The third-order valence-corrected chi connectivity index (χ3v) is 2.66. The molecule has 1 aliphatic heterocycles. The van der Waals surface area contributed by atoms with Gasteiger partial charge in [-0.2, -0.15) is 0 Å². The van der Waals surface area contributed by atoms with Gasteiger partial charge in [-0.15, -0.1) is 0 Å². The molecule has 15 heavy (non-hydrogen) atoms. The SMILES string of the molecule is NC1CCCN1C(=O)c1ccccc1F. The summed E-state index contributed by atoms with van der Waals surface area (Å²) in [5.41, 5.74) is 5.86. The highest BCUT2D eigenvalue weighted by Crippen LogP contribution is 2.17. The molecule has 4 heteroatoms. The smallest absolute Gasteiger partial charge is 0.258 e. The molecule has 0 aromatic heterocycles. The van der Waals surface area contributed by atoms with Gasteiger partial charge in [-0.25, -0.2) is 4.39 Å². The lowest BCUT2D eigenvalue weighted by Gasteiger charge is -2.21. The molecule has 0 aliphatic carbocycles. The van der Waals surface area contributed by atoms with Gasteiger partial charge in [0.1, 0.15) is 5.82 Å². The Morgan fingerprint density at radius 1 is 1.47 bits per heavy atom. The van der Waals surface area contributed by atoms with Gasteiger partial charge in [0.15, 0.2) is 0 Å². The summed E-state index contributed by atoms with van der Waals surface area (Å²) in [4.78, 5) is 13.4. The Balaban J connectivity index is 2.24. The Hall–Kier alpha value is -1.42. The number of hydrogen-bond donors (Lipinski definition) is 1. The second kappa shape index (κ2) is 3.98. The lowest BCUT2D eigenvalue weighted by molar-refractivity contribution is 0.0736. The molecule has 2 N–H and O–H groups in total. The molecule has 1 amide bonds. The van der Waals surface area contributed by atoms with E-state index in [-0.39, 0.29) is 17.6 Å². The lowest BCUT2D eigenvalue weighted by atomic mass is 10.2. The Morgan fingerprint density at radius 2 is 2.20 bits per heavy atom. The van der Waals surface area contributed by atoms with Crippen LogP contribution in [0.1, 0.15) is 23.2 Å². The van der Waals surface area contributed by atoms with Gasteiger partial charge in [0.05, 0.1) is 11.7 Å². The van der Waals surface area contributed by atoms with Crippen LogP contribution < -0.4 is 5.73 Å². The maximum absolute atomic E-state index is 13.3. The van der Waals surface area contributed by atoms with Crippen LogP contribution in [0.4, 0.5) is 4.39 Å². The Bertz CT molecular complexity index is 381. The maximum atomic E-state index is 13.3. The summed E-state index contributed by atoms with van der Waals surface area (Å²) in [7, 11) is 0. The maximum Gasteiger partial charge on any atom is 0.258 e. The largest absolute Gasteiger partial charge is 0.323 e. The van der Waals surface area contributed by atoms with Crippen molar-refractivity contribution in [2.45, 2.75) is 19.0 Å². The van der Waals surface area contributed by atoms with Crippen molar-refractivity contribution in [1.29, 1.82) is 0 Å². The molecular weight excluding hydrogens is 195 g/mol. The monoisotopic (exact) mass is 208 g/mol. The Labute approximate surface area is 87.7 Å². The van der Waals surface area contributed by atoms with E-state index < -0.39 is 5.82 Å². The van der Waals surface area contributed by atoms with Gasteiger partial charge in [-0.3, -0.25) is 4.79 Å². The van der Waals surface area contributed by atoms with Crippen LogP contribution in [-0.4, -0.2) is 23.5 Å². The van der Waals surface area contributed by atoms with Crippen molar-refractivity contribution in [3.63, 3.8) is 0 Å². The highest BCUT2D eigenvalue weighted by molar-refractivity contribution is 5.94. The van der Waals surface area contributed by atoms with Crippen LogP contribution in [0.3, 0.4) is 0 Å². The summed E-state index contributed by atoms with van der Waals surface area (Å²) < 4.78 is 13.3. The van der Waals surface area contributed by atoms with Gasteiger partial charge in [0, 0.05) is 6.54 Å². The minimum Gasteiger partial charge on any atom is -0.323 e. The zero-order chi connectivity index (χ0) is 10.8. The van der Waals surface area contributed by atoms with Crippen LogP contribution in [0.25, 0.3) is 0 Å². The average molecular weight is 208 g/mol. The van der Waals surface area contributed by atoms with Crippen molar-refractivity contribution in [2.24, 2.45) is 5.73 Å². The van der Waals surface area contributed by atoms with E-state index in [1.165, 1.54) is 17.0 Å². The van der Waals surface area contributed by atoms with Crippen molar-refractivity contribution in [2.75, 3.05) is 6.54 Å². The van der Waals surface area contributed by atoms with Gasteiger partial charge in [-0.05, 0) is 25.0 Å². The fourth-order valence-corrected chi connectivity index (χ4v) is 1.83. The van der Waals surface area contributed by atoms with Crippen LogP contribution in [0, 0.1) is 5.82 Å². The summed E-state index contributed by atoms with van der Waals surface area (Å²) >= 11 is 0. The fraction of sp³-hybridized carbons (Fsp3) is 0.364. The van der Waals surface area contributed by atoms with E-state index >= 15 is 0 Å². The number of halogens is 1. The first-order valence-electron chi connectivity index (χ1n) is 5.01. The molecule has 1 fully saturated rings. The summed E-state index contributed by atoms with van der Waals surface area (Å²) in [6.07, 6.45) is 1.42. The number of hydrogen-bond acceptors (Lipinski definition) is 2. The number of nitrogens with two attached hydrogens (primary N) is 1. The molecule has 0 bridgehead atoms. The molecule has 1 unspecified atom stereocenters. The predicted octanol–water partition coefficient (Wildman–Crippen LogP) is 1.35. The van der Waals surface area contributed by atoms with Crippen molar-refractivity contribution < 1.29 is 9.18 Å². The van der Waals surface area contributed by atoms with Gasteiger partial charge in [0.2, 0.25) is 0 Å². The second-order valence-electron chi connectivity index (χ2n) is 3.69.